The van der Waals surface area contributed by atoms with E-state index in [1.54, 1.807) is 23.1 Å². The van der Waals surface area contributed by atoms with Crippen molar-refractivity contribution < 1.29 is 19.1 Å². The summed E-state index contributed by atoms with van der Waals surface area (Å²) in [6, 6.07) is 5.34. The van der Waals surface area contributed by atoms with Crippen molar-refractivity contribution >= 4 is 29.1 Å². The molecule has 0 radical (unpaired) electrons. The number of nitrogens with one attached hydrogen (secondary N) is 2. The van der Waals surface area contributed by atoms with Crippen molar-refractivity contribution in [3.05, 3.63) is 23.8 Å². The largest absolute Gasteiger partial charge is 0.375 e. The summed E-state index contributed by atoms with van der Waals surface area (Å²) in [7, 11) is 1.50. The summed E-state index contributed by atoms with van der Waals surface area (Å²) in [5, 5.41) is 6.05. The number of carbonyl (C=O) groups excluding carboxylic acids is 3. The van der Waals surface area contributed by atoms with Gasteiger partial charge < -0.3 is 26.0 Å². The Morgan fingerprint density at radius 1 is 1.12 bits per heavy atom. The van der Waals surface area contributed by atoms with Gasteiger partial charge in [0.1, 0.15) is 6.61 Å². The maximum Gasteiger partial charge on any atom is 0.253 e. The molecule has 1 aliphatic heterocycles. The van der Waals surface area contributed by atoms with Crippen LogP contribution in [0.4, 0.5) is 11.4 Å². The zero-order valence-electron chi connectivity index (χ0n) is 19.5. The van der Waals surface area contributed by atoms with Gasteiger partial charge in [-0.05, 0) is 62.6 Å². The highest BCUT2D eigenvalue weighted by Crippen LogP contribution is 2.39. The van der Waals surface area contributed by atoms with Gasteiger partial charge in [0.05, 0.1) is 11.4 Å². The van der Waals surface area contributed by atoms with Gasteiger partial charge in [-0.25, -0.2) is 0 Å². The van der Waals surface area contributed by atoms with Gasteiger partial charge in [-0.15, -0.1) is 0 Å². The second kappa shape index (κ2) is 10.7. The summed E-state index contributed by atoms with van der Waals surface area (Å²) in [5.74, 6) is -0.188. The quantitative estimate of drug-likeness (QED) is 0.630. The number of fused-ring (bicyclic) bond motifs is 1. The first-order valence-corrected chi connectivity index (χ1v) is 12.3. The molecule has 0 bridgehead atoms. The van der Waals surface area contributed by atoms with Crippen molar-refractivity contribution in [1.29, 1.82) is 0 Å². The molecule has 2 fully saturated rings. The lowest BCUT2D eigenvalue weighted by Gasteiger charge is -2.37. The third-order valence-corrected chi connectivity index (χ3v) is 7.36. The van der Waals surface area contributed by atoms with E-state index in [1.165, 1.54) is 13.5 Å². The fraction of sp³-hybridized carbons (Fsp3) is 0.640. The normalized spacial score (nSPS) is 26.2. The molecular formula is C25H36N4O4. The Balaban J connectivity index is 1.60. The molecule has 8 nitrogen and oxygen atoms in total. The molecule has 1 unspecified atom stereocenters. The van der Waals surface area contributed by atoms with Crippen molar-refractivity contribution in [1.82, 2.24) is 5.32 Å². The fourth-order valence-corrected chi connectivity index (χ4v) is 5.59. The number of carbonyl (C=O) groups is 3. The molecule has 1 atom stereocenters. The van der Waals surface area contributed by atoms with Gasteiger partial charge in [0.2, 0.25) is 5.91 Å². The van der Waals surface area contributed by atoms with Crippen molar-refractivity contribution in [2.45, 2.75) is 82.3 Å². The molecule has 0 spiro atoms. The first-order valence-electron chi connectivity index (χ1n) is 12.3. The number of hydrogen-bond donors (Lipinski definition) is 3. The molecule has 8 heteroatoms. The van der Waals surface area contributed by atoms with Gasteiger partial charge in [0.15, 0.2) is 0 Å². The minimum absolute atomic E-state index is 0.0527. The summed E-state index contributed by atoms with van der Waals surface area (Å²) in [6.07, 6.45) is 9.26. The smallest absolute Gasteiger partial charge is 0.253 e. The van der Waals surface area contributed by atoms with E-state index in [1.807, 2.05) is 0 Å². The molecular weight excluding hydrogens is 420 g/mol. The Kier molecular flexibility index (Phi) is 7.65. The number of amides is 3. The van der Waals surface area contributed by atoms with Crippen molar-refractivity contribution in [2.24, 2.45) is 11.7 Å². The van der Waals surface area contributed by atoms with Crippen LogP contribution in [0.5, 0.6) is 0 Å². The number of methoxy groups -OCH3 is 1. The summed E-state index contributed by atoms with van der Waals surface area (Å²) in [4.78, 5) is 40.7. The number of ether oxygens (including phenoxy) is 1. The standard InChI is InChI=1S/C25H36N4O4/c1-33-15-24(31)29-21-12-7-17(25(32)27-19-10-8-18(26)9-11-19)13-20(21)28-23(30)14-22(29)16-5-3-2-4-6-16/h7,12-13,16,18-19,22H,2-6,8-11,14-15,26H2,1H3,(H,27,32)(H,28,30). The Morgan fingerprint density at radius 3 is 2.55 bits per heavy atom. The average molecular weight is 457 g/mol. The Hall–Kier alpha value is -2.45. The highest BCUT2D eigenvalue weighted by atomic mass is 16.5. The summed E-state index contributed by atoms with van der Waals surface area (Å²) >= 11 is 0. The average Bonchev–Trinajstić information content (AvgIpc) is 2.96. The van der Waals surface area contributed by atoms with E-state index in [2.05, 4.69) is 10.6 Å². The van der Waals surface area contributed by atoms with Crippen LogP contribution in [0.3, 0.4) is 0 Å². The van der Waals surface area contributed by atoms with Crippen molar-refractivity contribution in [2.75, 3.05) is 23.9 Å². The SMILES string of the molecule is COCC(=O)N1c2ccc(C(=O)NC3CCC(N)CC3)cc2NC(=O)CC1C1CCCCC1. The lowest BCUT2D eigenvalue weighted by molar-refractivity contribution is -0.123. The molecule has 4 rings (SSSR count). The number of anilines is 2. The van der Waals surface area contributed by atoms with Gasteiger partial charge in [-0.1, -0.05) is 19.3 Å². The van der Waals surface area contributed by atoms with E-state index in [4.69, 9.17) is 10.5 Å². The molecule has 3 amide bonds. The number of hydrogen-bond acceptors (Lipinski definition) is 5. The van der Waals surface area contributed by atoms with E-state index in [9.17, 15) is 14.4 Å². The maximum absolute atomic E-state index is 13.2. The molecule has 1 aromatic rings. The van der Waals surface area contributed by atoms with Crippen LogP contribution >= 0.6 is 0 Å². The third-order valence-electron chi connectivity index (χ3n) is 7.36. The Morgan fingerprint density at radius 2 is 1.85 bits per heavy atom. The zero-order valence-corrected chi connectivity index (χ0v) is 19.5. The van der Waals surface area contributed by atoms with Crippen molar-refractivity contribution in [3.8, 4) is 0 Å². The molecule has 33 heavy (non-hydrogen) atoms. The van der Waals surface area contributed by atoms with Gasteiger partial charge in [-0.3, -0.25) is 14.4 Å². The summed E-state index contributed by atoms with van der Waals surface area (Å²) in [6.45, 7) is -0.0527. The molecule has 1 aromatic carbocycles. The summed E-state index contributed by atoms with van der Waals surface area (Å²) in [5.41, 5.74) is 7.58. The van der Waals surface area contributed by atoms with E-state index in [-0.39, 0.29) is 54.8 Å². The number of nitrogens with two attached hydrogens (primary N) is 1. The maximum atomic E-state index is 13.2. The van der Waals surface area contributed by atoms with Crippen LogP contribution in [0.2, 0.25) is 0 Å². The molecule has 4 N–H and O–H groups in total. The van der Waals surface area contributed by atoms with E-state index < -0.39 is 0 Å². The molecule has 0 saturated heterocycles. The minimum atomic E-state index is -0.208. The lowest BCUT2D eigenvalue weighted by Crippen LogP contribution is -2.47. The predicted octanol–water partition coefficient (Wildman–Crippen LogP) is 2.96. The monoisotopic (exact) mass is 456 g/mol. The first-order chi connectivity index (χ1) is 16.0. The lowest BCUT2D eigenvalue weighted by atomic mass is 9.81. The van der Waals surface area contributed by atoms with Crippen molar-refractivity contribution in [3.63, 3.8) is 0 Å². The first kappa shape index (κ1) is 23.7. The molecule has 2 saturated carbocycles. The topological polar surface area (TPSA) is 114 Å². The van der Waals surface area contributed by atoms with Crippen LogP contribution in [0.25, 0.3) is 0 Å². The predicted molar refractivity (Wildman–Crippen MR) is 127 cm³/mol. The van der Waals surface area contributed by atoms with E-state index in [0.29, 0.717) is 16.9 Å². The number of rotatable bonds is 5. The second-order valence-electron chi connectivity index (χ2n) is 9.73. The highest BCUT2D eigenvalue weighted by Gasteiger charge is 2.38. The van der Waals surface area contributed by atoms with Gasteiger partial charge in [0.25, 0.3) is 11.8 Å². The number of benzene rings is 1. The highest BCUT2D eigenvalue weighted by molar-refractivity contribution is 6.06. The molecule has 2 aliphatic carbocycles. The minimum Gasteiger partial charge on any atom is -0.375 e. The van der Waals surface area contributed by atoms with Gasteiger partial charge in [-0.2, -0.15) is 0 Å². The molecule has 3 aliphatic rings. The molecule has 180 valence electrons. The fourth-order valence-electron chi connectivity index (χ4n) is 5.59. The molecule has 0 aromatic heterocycles. The molecule has 1 heterocycles. The van der Waals surface area contributed by atoms with Crippen LogP contribution < -0.4 is 21.3 Å². The van der Waals surface area contributed by atoms with E-state index >= 15 is 0 Å². The van der Waals surface area contributed by atoms with Crippen LogP contribution in [0.15, 0.2) is 18.2 Å². The van der Waals surface area contributed by atoms with Crippen LogP contribution in [0.1, 0.15) is 74.6 Å². The Labute approximate surface area is 195 Å². The van der Waals surface area contributed by atoms with Crippen LogP contribution in [-0.4, -0.2) is 49.6 Å². The Bertz CT molecular complexity index is 875. The number of nitrogens with zero attached hydrogens (tertiary/aromatic N) is 1. The van der Waals surface area contributed by atoms with Crippen LogP contribution in [-0.2, 0) is 14.3 Å². The third kappa shape index (κ3) is 5.55. The second-order valence-corrected chi connectivity index (χ2v) is 9.73. The van der Waals surface area contributed by atoms with Gasteiger partial charge in [0, 0.05) is 37.2 Å². The van der Waals surface area contributed by atoms with Gasteiger partial charge >= 0.3 is 0 Å². The van der Waals surface area contributed by atoms with E-state index in [0.717, 1.165) is 51.4 Å². The van der Waals surface area contributed by atoms with Crippen LogP contribution in [0, 0.1) is 5.92 Å². The summed E-state index contributed by atoms with van der Waals surface area (Å²) < 4.78 is 5.16. The zero-order chi connectivity index (χ0) is 23.4.